The molecular formula is C20H29FN2O4. The number of carbonyl (C=O) groups excluding carboxylic acids is 2. The van der Waals surface area contributed by atoms with Crippen molar-refractivity contribution in [2.24, 2.45) is 0 Å². The fraction of sp³-hybridized carbons (Fsp3) is 0.600. The van der Waals surface area contributed by atoms with E-state index in [4.69, 9.17) is 9.47 Å². The average molecular weight is 380 g/mol. The zero-order valence-corrected chi connectivity index (χ0v) is 16.4. The first-order valence-corrected chi connectivity index (χ1v) is 9.27. The molecule has 1 fully saturated rings. The van der Waals surface area contributed by atoms with Crippen molar-refractivity contribution < 1.29 is 23.5 Å². The molecule has 1 aromatic carbocycles. The summed E-state index contributed by atoms with van der Waals surface area (Å²) in [6.07, 6.45) is 2.77. The van der Waals surface area contributed by atoms with E-state index in [0.29, 0.717) is 5.56 Å². The summed E-state index contributed by atoms with van der Waals surface area (Å²) < 4.78 is 23.3. The number of esters is 1. The van der Waals surface area contributed by atoms with Crippen molar-refractivity contribution in [1.82, 2.24) is 10.6 Å². The lowest BCUT2D eigenvalue weighted by atomic mass is 9.90. The third-order valence-electron chi connectivity index (χ3n) is 4.49. The number of nitrogens with one attached hydrogen (secondary N) is 2. The standard InChI is InChI=1S/C20H29FN2O4/c1-20(2,3)27-19(25)23-16-11-9-15(10-12-16)22-17(18(24)26-4)13-5-7-14(21)8-6-13/h5-8,15-17,22H,9-12H2,1-4H3,(H,23,25)/t15-,16-,17-/m0/s1. The van der Waals surface area contributed by atoms with E-state index in [2.05, 4.69) is 10.6 Å². The highest BCUT2D eigenvalue weighted by Gasteiger charge is 2.29. The first kappa shape index (κ1) is 21.2. The fourth-order valence-corrected chi connectivity index (χ4v) is 3.19. The predicted octanol–water partition coefficient (Wildman–Crippen LogP) is 3.47. The van der Waals surface area contributed by atoms with Gasteiger partial charge in [-0.1, -0.05) is 12.1 Å². The molecule has 1 saturated carbocycles. The zero-order valence-electron chi connectivity index (χ0n) is 16.4. The molecule has 0 spiro atoms. The Morgan fingerprint density at radius 2 is 1.63 bits per heavy atom. The van der Waals surface area contributed by atoms with Gasteiger partial charge in [-0.25, -0.2) is 14.0 Å². The molecule has 7 heteroatoms. The summed E-state index contributed by atoms with van der Waals surface area (Å²) in [5, 5.41) is 6.21. The first-order chi connectivity index (χ1) is 12.7. The molecule has 0 aliphatic heterocycles. The van der Waals surface area contributed by atoms with Gasteiger partial charge in [0.25, 0.3) is 0 Å². The van der Waals surface area contributed by atoms with Crippen LogP contribution < -0.4 is 10.6 Å². The molecule has 1 atom stereocenters. The van der Waals surface area contributed by atoms with Gasteiger partial charge in [0.2, 0.25) is 0 Å². The van der Waals surface area contributed by atoms with Crippen LogP contribution in [-0.4, -0.2) is 36.9 Å². The second-order valence-corrected chi connectivity index (χ2v) is 7.87. The Bertz CT molecular complexity index is 634. The zero-order chi connectivity index (χ0) is 20.0. The SMILES string of the molecule is COC(=O)[C@@H](N[C@H]1CC[C@H](NC(=O)OC(C)(C)C)CC1)c1ccc(F)cc1. The summed E-state index contributed by atoms with van der Waals surface area (Å²) in [4.78, 5) is 24.0. The largest absolute Gasteiger partial charge is 0.468 e. The van der Waals surface area contributed by atoms with Crippen molar-refractivity contribution >= 4 is 12.1 Å². The number of ether oxygens (including phenoxy) is 2. The molecule has 6 nitrogen and oxygen atoms in total. The molecule has 0 unspecified atom stereocenters. The molecule has 0 radical (unpaired) electrons. The van der Waals surface area contributed by atoms with E-state index in [0.717, 1.165) is 25.7 Å². The van der Waals surface area contributed by atoms with E-state index in [1.165, 1.54) is 19.2 Å². The van der Waals surface area contributed by atoms with Gasteiger partial charge in [-0.05, 0) is 64.2 Å². The lowest BCUT2D eigenvalue weighted by molar-refractivity contribution is -0.143. The molecule has 27 heavy (non-hydrogen) atoms. The van der Waals surface area contributed by atoms with Crippen LogP contribution >= 0.6 is 0 Å². The third-order valence-corrected chi connectivity index (χ3v) is 4.49. The van der Waals surface area contributed by atoms with Crippen molar-refractivity contribution in [2.75, 3.05) is 7.11 Å². The molecule has 2 N–H and O–H groups in total. The lowest BCUT2D eigenvalue weighted by Crippen LogP contribution is -2.45. The highest BCUT2D eigenvalue weighted by Crippen LogP contribution is 2.23. The maximum atomic E-state index is 13.2. The molecule has 0 saturated heterocycles. The van der Waals surface area contributed by atoms with Gasteiger partial charge in [0.15, 0.2) is 0 Å². The van der Waals surface area contributed by atoms with Crippen molar-refractivity contribution in [3.8, 4) is 0 Å². The van der Waals surface area contributed by atoms with Gasteiger partial charge in [-0.3, -0.25) is 5.32 Å². The lowest BCUT2D eigenvalue weighted by Gasteiger charge is -2.32. The van der Waals surface area contributed by atoms with Gasteiger partial charge < -0.3 is 14.8 Å². The monoisotopic (exact) mass is 380 g/mol. The maximum absolute atomic E-state index is 13.2. The Morgan fingerprint density at radius 1 is 1.07 bits per heavy atom. The summed E-state index contributed by atoms with van der Waals surface area (Å²) in [5.74, 6) is -0.758. The van der Waals surface area contributed by atoms with Gasteiger partial charge in [0.05, 0.1) is 7.11 Å². The number of benzene rings is 1. The summed E-state index contributed by atoms with van der Waals surface area (Å²) in [5.41, 5.74) is 0.142. The summed E-state index contributed by atoms with van der Waals surface area (Å²) in [7, 11) is 1.34. The number of rotatable bonds is 5. The quantitative estimate of drug-likeness (QED) is 0.765. The summed E-state index contributed by atoms with van der Waals surface area (Å²) >= 11 is 0. The average Bonchev–Trinajstić information content (AvgIpc) is 2.59. The van der Waals surface area contributed by atoms with Crippen LogP contribution in [0.2, 0.25) is 0 Å². The van der Waals surface area contributed by atoms with Crippen LogP contribution in [0.15, 0.2) is 24.3 Å². The molecule has 1 amide bonds. The summed E-state index contributed by atoms with van der Waals surface area (Å²) in [6.45, 7) is 5.49. The Labute approximate surface area is 159 Å². The van der Waals surface area contributed by atoms with Crippen molar-refractivity contribution in [1.29, 1.82) is 0 Å². The highest BCUT2D eigenvalue weighted by atomic mass is 19.1. The van der Waals surface area contributed by atoms with Crippen LogP contribution in [0.5, 0.6) is 0 Å². The van der Waals surface area contributed by atoms with Crippen LogP contribution in [0.1, 0.15) is 58.1 Å². The minimum absolute atomic E-state index is 0.0558. The molecule has 1 aromatic rings. The number of amides is 1. The molecule has 150 valence electrons. The van der Waals surface area contributed by atoms with E-state index in [9.17, 15) is 14.0 Å². The van der Waals surface area contributed by atoms with Crippen LogP contribution in [0.4, 0.5) is 9.18 Å². The normalized spacial score (nSPS) is 21.2. The molecule has 1 aliphatic carbocycles. The van der Waals surface area contributed by atoms with Gasteiger partial charge in [0.1, 0.15) is 17.5 Å². The van der Waals surface area contributed by atoms with Crippen LogP contribution in [0, 0.1) is 5.82 Å². The van der Waals surface area contributed by atoms with Crippen LogP contribution in [-0.2, 0) is 14.3 Å². The number of alkyl carbamates (subject to hydrolysis) is 1. The molecule has 1 aliphatic rings. The Morgan fingerprint density at radius 3 is 2.15 bits per heavy atom. The predicted molar refractivity (Wildman–Crippen MR) is 99.7 cm³/mol. The Balaban J connectivity index is 1.89. The van der Waals surface area contributed by atoms with E-state index in [1.54, 1.807) is 12.1 Å². The molecule has 0 heterocycles. The smallest absolute Gasteiger partial charge is 0.407 e. The topological polar surface area (TPSA) is 76.7 Å². The van der Waals surface area contributed by atoms with Crippen molar-refractivity contribution in [3.05, 3.63) is 35.6 Å². The molecule has 0 bridgehead atoms. The molecule has 2 rings (SSSR count). The van der Waals surface area contributed by atoms with Gasteiger partial charge in [-0.2, -0.15) is 0 Å². The van der Waals surface area contributed by atoms with E-state index in [1.807, 2.05) is 20.8 Å². The van der Waals surface area contributed by atoms with E-state index >= 15 is 0 Å². The van der Waals surface area contributed by atoms with Gasteiger partial charge in [-0.15, -0.1) is 0 Å². The second kappa shape index (κ2) is 9.17. The van der Waals surface area contributed by atoms with E-state index in [-0.39, 0.29) is 17.9 Å². The maximum Gasteiger partial charge on any atom is 0.407 e. The Hall–Kier alpha value is -2.15. The summed E-state index contributed by atoms with van der Waals surface area (Å²) in [6, 6.07) is 5.34. The molecule has 0 aromatic heterocycles. The minimum Gasteiger partial charge on any atom is -0.468 e. The second-order valence-electron chi connectivity index (χ2n) is 7.87. The number of halogens is 1. The number of hydrogen-bond acceptors (Lipinski definition) is 5. The van der Waals surface area contributed by atoms with Crippen molar-refractivity contribution in [3.63, 3.8) is 0 Å². The van der Waals surface area contributed by atoms with Crippen molar-refractivity contribution in [2.45, 2.75) is 70.2 Å². The first-order valence-electron chi connectivity index (χ1n) is 9.27. The number of carbonyl (C=O) groups is 2. The van der Waals surface area contributed by atoms with Gasteiger partial charge in [0, 0.05) is 12.1 Å². The van der Waals surface area contributed by atoms with Crippen LogP contribution in [0.3, 0.4) is 0 Å². The van der Waals surface area contributed by atoms with Gasteiger partial charge >= 0.3 is 12.1 Å². The number of hydrogen-bond donors (Lipinski definition) is 2. The number of methoxy groups -OCH3 is 1. The van der Waals surface area contributed by atoms with E-state index < -0.39 is 23.7 Å². The minimum atomic E-state index is -0.643. The highest BCUT2D eigenvalue weighted by molar-refractivity contribution is 5.77. The fourth-order valence-electron chi connectivity index (χ4n) is 3.19. The third kappa shape index (κ3) is 6.82. The molecular weight excluding hydrogens is 351 g/mol. The van der Waals surface area contributed by atoms with Crippen LogP contribution in [0.25, 0.3) is 0 Å². The Kier molecular flexibility index (Phi) is 7.18.